The molecule has 0 radical (unpaired) electrons. The molecule has 1 aliphatic rings. The third kappa shape index (κ3) is 9.50. The van der Waals surface area contributed by atoms with Gasteiger partial charge < -0.3 is 66.7 Å². The van der Waals surface area contributed by atoms with Crippen LogP contribution in [0.5, 0.6) is 0 Å². The number of aliphatic hydroxyl groups excluding tert-OH is 10. The minimum atomic E-state index is -1.92. The molecule has 21 heteroatoms. The van der Waals surface area contributed by atoms with Gasteiger partial charge in [-0.2, -0.15) is 0 Å². The largest absolute Gasteiger partial charge is 0.394 e. The number of aromatic amines is 1. The lowest BCUT2D eigenvalue weighted by molar-refractivity contribution is -0.677. The molecule has 4 aromatic rings. The Hall–Kier alpha value is -4.39. The van der Waals surface area contributed by atoms with Crippen molar-refractivity contribution in [3.05, 3.63) is 41.9 Å². The Bertz CT molecular complexity index is 1990. The summed E-state index contributed by atoms with van der Waals surface area (Å²) in [5.74, 6) is 0.801. The highest BCUT2D eigenvalue weighted by Gasteiger charge is 2.38. The molecule has 59 heavy (non-hydrogen) atoms. The van der Waals surface area contributed by atoms with Crippen LogP contribution in [0, 0.1) is 0 Å². The third-order valence-corrected chi connectivity index (χ3v) is 11.3. The normalized spacial score (nSPS) is 18.7. The predicted molar refractivity (Wildman–Crippen MR) is 211 cm³/mol. The molecule has 13 N–H and O–H groups in total. The number of hydrogen-bond donors (Lipinski definition) is 12. The molecule has 1 unspecified atom stereocenters. The molecule has 326 valence electrons. The number of H-pyrrole nitrogens is 1. The zero-order chi connectivity index (χ0) is 43.3. The number of piperidine rings is 1. The molecule has 21 nitrogen and oxygen atoms in total. The van der Waals surface area contributed by atoms with E-state index < -0.39 is 87.2 Å². The van der Waals surface area contributed by atoms with Gasteiger partial charge in [0.1, 0.15) is 48.2 Å². The summed E-state index contributed by atoms with van der Waals surface area (Å²) in [5, 5.41) is 101. The minimum Gasteiger partial charge on any atom is -0.394 e. The van der Waals surface area contributed by atoms with Crippen LogP contribution in [0.2, 0.25) is 0 Å². The van der Waals surface area contributed by atoms with E-state index in [2.05, 4.69) is 19.5 Å². The van der Waals surface area contributed by atoms with Crippen molar-refractivity contribution in [2.75, 3.05) is 50.0 Å². The second-order valence-electron chi connectivity index (χ2n) is 15.0. The molecule has 1 aromatic carbocycles. The summed E-state index contributed by atoms with van der Waals surface area (Å²) in [6.45, 7) is 4.73. The molecule has 0 spiro atoms. The number of amides is 2. The first kappa shape index (κ1) is 45.7. The summed E-state index contributed by atoms with van der Waals surface area (Å²) < 4.78 is 4.10. The van der Waals surface area contributed by atoms with E-state index in [1.54, 1.807) is 29.3 Å². The second-order valence-corrected chi connectivity index (χ2v) is 15.0. The number of nitrogen functional groups attached to an aromatic ring is 1. The molecule has 1 saturated heterocycles. The van der Waals surface area contributed by atoms with Gasteiger partial charge in [-0.25, -0.2) is 19.1 Å². The summed E-state index contributed by atoms with van der Waals surface area (Å²) in [6.07, 6.45) is -11.6. The topological polar surface area (TPSA) is 323 Å². The van der Waals surface area contributed by atoms with Crippen LogP contribution in [-0.2, 0) is 17.9 Å². The highest BCUT2D eigenvalue weighted by atomic mass is 16.4. The highest BCUT2D eigenvalue weighted by Crippen LogP contribution is 2.31. The van der Waals surface area contributed by atoms with Crippen molar-refractivity contribution >= 4 is 46.2 Å². The van der Waals surface area contributed by atoms with Crippen LogP contribution in [0.25, 0.3) is 22.2 Å². The molecule has 2 amide bonds. The SMILES string of the molecule is CCn1c(C(C)N(C=O)c2nc3cc[nH]c3nc2N)[n+](CC)c2ccc(C(=O)N3CCC(N(C[C@H](O)[C@@H](O)[C@H](O)[C@H](O)CO)C[C@H](O)[C@@H](O)[C@H](O)[C@H](O)CO)CC3)cc21. The zero-order valence-corrected chi connectivity index (χ0v) is 33.3. The number of rotatable bonds is 20. The Kier molecular flexibility index (Phi) is 15.3. The predicted octanol–water partition coefficient (Wildman–Crippen LogP) is -3.68. The van der Waals surface area contributed by atoms with Crippen LogP contribution in [0.3, 0.4) is 0 Å². The Morgan fingerprint density at radius 3 is 2.02 bits per heavy atom. The van der Waals surface area contributed by atoms with Crippen molar-refractivity contribution in [1.82, 2.24) is 29.3 Å². The summed E-state index contributed by atoms with van der Waals surface area (Å²) in [4.78, 5) is 43.2. The lowest BCUT2D eigenvalue weighted by Gasteiger charge is -2.41. The maximum atomic E-state index is 14.1. The van der Waals surface area contributed by atoms with E-state index in [0.29, 0.717) is 49.1 Å². The van der Waals surface area contributed by atoms with Crippen molar-refractivity contribution in [1.29, 1.82) is 0 Å². The molecule has 0 saturated carbocycles. The van der Waals surface area contributed by atoms with Gasteiger partial charge in [0.05, 0.1) is 38.5 Å². The number of imidazole rings is 1. The number of aliphatic hydroxyl groups is 10. The number of nitrogens with one attached hydrogen (secondary N) is 1. The number of aryl methyl sites for hydroxylation is 2. The molecule has 5 rings (SSSR count). The van der Waals surface area contributed by atoms with Crippen LogP contribution in [0.4, 0.5) is 11.6 Å². The maximum Gasteiger partial charge on any atom is 0.280 e. The molecular weight excluding hydrogens is 774 g/mol. The number of carbonyl (C=O) groups excluding carboxylic acids is 2. The minimum absolute atomic E-state index is 0.0804. The van der Waals surface area contributed by atoms with Crippen molar-refractivity contribution < 1.29 is 65.2 Å². The van der Waals surface area contributed by atoms with E-state index in [-0.39, 0.29) is 30.6 Å². The van der Waals surface area contributed by atoms with Gasteiger partial charge in [-0.1, -0.05) is 0 Å². The monoisotopic (exact) mass is 832 g/mol. The number of fused-ring (bicyclic) bond motifs is 2. The summed E-state index contributed by atoms with van der Waals surface area (Å²) >= 11 is 0. The molecule has 9 atom stereocenters. The Labute approximate surface area is 339 Å². The number of nitrogens with two attached hydrogens (primary N) is 1. The number of nitrogens with zero attached hydrogens (tertiary/aromatic N) is 7. The Balaban J connectivity index is 1.37. The van der Waals surface area contributed by atoms with Crippen LogP contribution in [-0.4, -0.2) is 187 Å². The quantitative estimate of drug-likeness (QED) is 0.0302. The van der Waals surface area contributed by atoms with E-state index in [1.165, 1.54) is 9.80 Å². The van der Waals surface area contributed by atoms with Gasteiger partial charge in [-0.3, -0.25) is 19.4 Å². The summed E-state index contributed by atoms with van der Waals surface area (Å²) in [6, 6.07) is 6.11. The number of likely N-dealkylation sites (tertiary alicyclic amines) is 1. The van der Waals surface area contributed by atoms with Gasteiger partial charge in [0.25, 0.3) is 11.7 Å². The Morgan fingerprint density at radius 2 is 1.49 bits per heavy atom. The van der Waals surface area contributed by atoms with Gasteiger partial charge in [-0.15, -0.1) is 0 Å². The molecule has 0 bridgehead atoms. The number of benzene rings is 1. The third-order valence-electron chi connectivity index (χ3n) is 11.3. The fourth-order valence-electron chi connectivity index (χ4n) is 7.93. The lowest BCUT2D eigenvalue weighted by atomic mass is 9.97. The van der Waals surface area contributed by atoms with E-state index in [4.69, 9.17) is 5.73 Å². The number of hydrogen-bond acceptors (Lipinski definition) is 16. The molecule has 1 aliphatic heterocycles. The average molecular weight is 833 g/mol. The summed E-state index contributed by atoms with van der Waals surface area (Å²) in [5.41, 5.74) is 9.32. The fraction of sp³-hybridized carbons (Fsp3) is 0.605. The van der Waals surface area contributed by atoms with Gasteiger partial charge in [-0.05, 0) is 51.8 Å². The molecule has 1 fully saturated rings. The second kappa shape index (κ2) is 19.8. The lowest BCUT2D eigenvalue weighted by Crippen LogP contribution is -2.56. The molecular formula is C38H58N9O12+. The first-order chi connectivity index (χ1) is 28.1. The van der Waals surface area contributed by atoms with Crippen LogP contribution >= 0.6 is 0 Å². The Morgan fingerprint density at radius 1 is 0.915 bits per heavy atom. The van der Waals surface area contributed by atoms with Crippen molar-refractivity contribution in [2.45, 2.75) is 108 Å². The van der Waals surface area contributed by atoms with E-state index in [0.717, 1.165) is 16.9 Å². The van der Waals surface area contributed by atoms with Crippen molar-refractivity contribution in [3.8, 4) is 0 Å². The van der Waals surface area contributed by atoms with Gasteiger partial charge in [0, 0.05) is 50.0 Å². The molecule has 4 heterocycles. The molecule has 0 aliphatic carbocycles. The summed E-state index contributed by atoms with van der Waals surface area (Å²) in [7, 11) is 0. The standard InChI is InChI=1S/C38H58N9O12/c1-4-45-24-7-6-21(14-25(24)46(5-2)37(45)20(3)47(19-50)36-34(39)42-35-23(41-36)8-11-40-35)38(59)43-12-9-22(10-13-43)44(15-26(51)30(55)32(57)28(53)17-48)16-27(52)31(56)33(58)29(54)18-49/h6-8,11,14,19-20,22,26-33,48-49,51-58H,4-5,9-10,12-13,15-18H2,1-3H3,(H3,39,40,42)/q+1/t20?,26-,27-,28+,29+,30+,31+,32+,33+/m0/s1. The average Bonchev–Trinajstić information content (AvgIpc) is 3.85. The number of carbonyl (C=O) groups is 2. The first-order valence-electron chi connectivity index (χ1n) is 19.7. The number of anilines is 2. The van der Waals surface area contributed by atoms with E-state index in [9.17, 15) is 60.7 Å². The van der Waals surface area contributed by atoms with Crippen molar-refractivity contribution in [3.63, 3.8) is 0 Å². The maximum absolute atomic E-state index is 14.1. The van der Waals surface area contributed by atoms with Gasteiger partial charge >= 0.3 is 0 Å². The van der Waals surface area contributed by atoms with Crippen LogP contribution in [0.1, 0.15) is 55.8 Å². The smallest absolute Gasteiger partial charge is 0.280 e. The van der Waals surface area contributed by atoms with Gasteiger partial charge in [0.15, 0.2) is 28.3 Å². The molecule has 3 aromatic heterocycles. The zero-order valence-electron chi connectivity index (χ0n) is 33.3. The van der Waals surface area contributed by atoms with Crippen LogP contribution < -0.4 is 15.2 Å². The highest BCUT2D eigenvalue weighted by molar-refractivity contribution is 5.97. The van der Waals surface area contributed by atoms with E-state index >= 15 is 0 Å². The van der Waals surface area contributed by atoms with Gasteiger partial charge in [0.2, 0.25) is 6.41 Å². The van der Waals surface area contributed by atoms with Crippen molar-refractivity contribution in [2.24, 2.45) is 0 Å². The van der Waals surface area contributed by atoms with E-state index in [1.807, 2.05) is 31.4 Å². The fourth-order valence-corrected chi connectivity index (χ4v) is 7.93. The number of aromatic nitrogens is 5. The van der Waals surface area contributed by atoms with Crippen LogP contribution in [0.15, 0.2) is 30.5 Å². The first-order valence-corrected chi connectivity index (χ1v) is 19.7.